The number of nitrogens with one attached hydrogen (secondary N) is 1. The normalized spacial score (nSPS) is 10.9. The van der Waals surface area contributed by atoms with Crippen LogP contribution >= 0.6 is 0 Å². The van der Waals surface area contributed by atoms with Crippen LogP contribution in [0.5, 0.6) is 0 Å². The minimum Gasteiger partial charge on any atom is -0.437 e. The number of anilines is 1. The van der Waals surface area contributed by atoms with Crippen molar-refractivity contribution in [3.63, 3.8) is 0 Å². The summed E-state index contributed by atoms with van der Waals surface area (Å²) in [6.07, 6.45) is 2.61. The molecule has 0 saturated heterocycles. The molecule has 0 fully saturated rings. The van der Waals surface area contributed by atoms with Crippen LogP contribution in [0.15, 0.2) is 85.1 Å². The molecule has 158 valence electrons. The Labute approximate surface area is 182 Å². The molecule has 1 N–H and O–H groups in total. The van der Waals surface area contributed by atoms with Crippen LogP contribution in [0.3, 0.4) is 0 Å². The van der Waals surface area contributed by atoms with Crippen LogP contribution in [0.4, 0.5) is 14.5 Å². The first-order valence-electron chi connectivity index (χ1n) is 9.71. The lowest BCUT2D eigenvalue weighted by atomic mass is 9.96. The van der Waals surface area contributed by atoms with E-state index in [4.69, 9.17) is 0 Å². The number of rotatable bonds is 6. The molecule has 32 heavy (non-hydrogen) atoms. The summed E-state index contributed by atoms with van der Waals surface area (Å²) in [7, 11) is 0. The average molecular weight is 429 g/mol. The van der Waals surface area contributed by atoms with Gasteiger partial charge in [-0.1, -0.05) is 48.5 Å². The molecule has 0 radical (unpaired) electrons. The minimum atomic E-state index is -0.624. The zero-order valence-corrected chi connectivity index (χ0v) is 16.7. The summed E-state index contributed by atoms with van der Waals surface area (Å²) in [5, 5.41) is 4.00. The number of carbonyl (C=O) groups is 2. The molecule has 0 aliphatic rings. The van der Waals surface area contributed by atoms with Gasteiger partial charge in [-0.05, 0) is 58.3 Å². The first-order valence-corrected chi connectivity index (χ1v) is 9.71. The summed E-state index contributed by atoms with van der Waals surface area (Å²) < 4.78 is 33.3. The zero-order valence-electron chi connectivity index (χ0n) is 16.7. The highest BCUT2D eigenvalue weighted by molar-refractivity contribution is 6.14. The van der Waals surface area contributed by atoms with Gasteiger partial charge in [0.1, 0.15) is 11.6 Å². The van der Waals surface area contributed by atoms with E-state index in [9.17, 15) is 18.4 Å². The summed E-state index contributed by atoms with van der Waals surface area (Å²) in [6.45, 7) is 0.260. The van der Waals surface area contributed by atoms with Crippen molar-refractivity contribution < 1.29 is 23.1 Å². The standard InChI is InChI=1S/C26H17F2NO3/c27-23-8-4-3-7-21(23)19-14-18-5-1-2-6-20(18)22(15-19)26(31)29-25-13-17(9-10-24(25)28)11-12-32-16-30/h1-16H,(H,29,31). The maximum Gasteiger partial charge on any atom is 0.297 e. The predicted octanol–water partition coefficient (Wildman–Crippen LogP) is 6.18. The summed E-state index contributed by atoms with van der Waals surface area (Å²) >= 11 is 0. The van der Waals surface area contributed by atoms with E-state index in [-0.39, 0.29) is 17.7 Å². The number of hydrogen-bond donors (Lipinski definition) is 1. The fourth-order valence-corrected chi connectivity index (χ4v) is 3.43. The largest absolute Gasteiger partial charge is 0.437 e. The molecule has 4 nitrogen and oxygen atoms in total. The molecule has 4 aromatic rings. The Morgan fingerprint density at radius 3 is 2.47 bits per heavy atom. The lowest BCUT2D eigenvalue weighted by Gasteiger charge is -2.13. The maximum absolute atomic E-state index is 14.4. The van der Waals surface area contributed by atoms with Crippen molar-refractivity contribution in [3.8, 4) is 11.1 Å². The Morgan fingerprint density at radius 2 is 1.66 bits per heavy atom. The van der Waals surface area contributed by atoms with Gasteiger partial charge in [0.15, 0.2) is 0 Å². The van der Waals surface area contributed by atoms with Gasteiger partial charge in [-0.15, -0.1) is 0 Å². The van der Waals surface area contributed by atoms with Gasteiger partial charge in [-0.2, -0.15) is 0 Å². The maximum atomic E-state index is 14.4. The van der Waals surface area contributed by atoms with E-state index in [2.05, 4.69) is 10.1 Å². The highest BCUT2D eigenvalue weighted by Gasteiger charge is 2.16. The van der Waals surface area contributed by atoms with E-state index in [0.717, 1.165) is 11.6 Å². The molecule has 0 saturated carbocycles. The monoisotopic (exact) mass is 429 g/mol. The Balaban J connectivity index is 1.75. The van der Waals surface area contributed by atoms with Crippen LogP contribution in [-0.2, 0) is 9.53 Å². The summed E-state index contributed by atoms with van der Waals surface area (Å²) in [6, 6.07) is 21.0. The highest BCUT2D eigenvalue weighted by Crippen LogP contribution is 2.30. The van der Waals surface area contributed by atoms with Crippen LogP contribution < -0.4 is 5.32 Å². The van der Waals surface area contributed by atoms with Crippen LogP contribution in [0.2, 0.25) is 0 Å². The third-order valence-corrected chi connectivity index (χ3v) is 4.92. The van der Waals surface area contributed by atoms with E-state index in [1.165, 1.54) is 30.3 Å². The number of ether oxygens (including phenoxy) is 1. The van der Waals surface area contributed by atoms with Crippen LogP contribution in [0.25, 0.3) is 28.0 Å². The van der Waals surface area contributed by atoms with Crippen molar-refractivity contribution in [3.05, 3.63) is 108 Å². The lowest BCUT2D eigenvalue weighted by molar-refractivity contribution is -0.123. The van der Waals surface area contributed by atoms with Gasteiger partial charge in [0.2, 0.25) is 0 Å². The first kappa shape index (κ1) is 20.9. The fraction of sp³-hybridized carbons (Fsp3) is 0. The Morgan fingerprint density at radius 1 is 0.875 bits per heavy atom. The van der Waals surface area contributed by atoms with Gasteiger partial charge < -0.3 is 10.1 Å². The first-order chi connectivity index (χ1) is 15.6. The second-order valence-electron chi connectivity index (χ2n) is 6.95. The molecule has 0 atom stereocenters. The molecule has 6 heteroatoms. The highest BCUT2D eigenvalue weighted by atomic mass is 19.1. The molecule has 0 spiro atoms. The lowest BCUT2D eigenvalue weighted by Crippen LogP contribution is -2.14. The third kappa shape index (κ3) is 4.39. The molecule has 0 aliphatic carbocycles. The molecule has 0 aromatic heterocycles. The molecular weight excluding hydrogens is 412 g/mol. The second kappa shape index (κ2) is 9.22. The molecular formula is C26H17F2NO3. The van der Waals surface area contributed by atoms with Gasteiger partial charge in [0, 0.05) is 11.1 Å². The molecule has 4 aromatic carbocycles. The Hall–Kier alpha value is -4.32. The number of amides is 1. The Bertz CT molecular complexity index is 1350. The van der Waals surface area contributed by atoms with Crippen LogP contribution in [-0.4, -0.2) is 12.4 Å². The van der Waals surface area contributed by atoms with Crippen LogP contribution in [0.1, 0.15) is 15.9 Å². The van der Waals surface area contributed by atoms with Gasteiger partial charge >= 0.3 is 0 Å². The predicted molar refractivity (Wildman–Crippen MR) is 120 cm³/mol. The number of carbonyl (C=O) groups excluding carboxylic acids is 2. The van der Waals surface area contributed by atoms with Crippen molar-refractivity contribution in [1.82, 2.24) is 0 Å². The molecule has 0 aliphatic heterocycles. The van der Waals surface area contributed by atoms with Gasteiger partial charge in [0.25, 0.3) is 12.4 Å². The number of fused-ring (bicyclic) bond motifs is 1. The zero-order chi connectivity index (χ0) is 22.5. The van der Waals surface area contributed by atoms with Gasteiger partial charge in [0.05, 0.1) is 11.9 Å². The molecule has 1 amide bonds. The van der Waals surface area contributed by atoms with Crippen molar-refractivity contribution >= 4 is 34.9 Å². The quantitative estimate of drug-likeness (QED) is 0.294. The van der Waals surface area contributed by atoms with Crippen molar-refractivity contribution in [1.29, 1.82) is 0 Å². The number of hydrogen-bond acceptors (Lipinski definition) is 3. The summed E-state index contributed by atoms with van der Waals surface area (Å²) in [4.78, 5) is 23.4. The molecule has 4 rings (SSSR count). The summed E-state index contributed by atoms with van der Waals surface area (Å²) in [5.41, 5.74) is 1.67. The molecule has 0 bridgehead atoms. The van der Waals surface area contributed by atoms with Crippen molar-refractivity contribution in [2.24, 2.45) is 0 Å². The topological polar surface area (TPSA) is 55.4 Å². The molecule has 0 heterocycles. The number of halogens is 2. The minimum absolute atomic E-state index is 0.0383. The van der Waals surface area contributed by atoms with Crippen molar-refractivity contribution in [2.75, 3.05) is 5.32 Å². The fourth-order valence-electron chi connectivity index (χ4n) is 3.43. The van der Waals surface area contributed by atoms with Gasteiger partial charge in [-0.25, -0.2) is 8.78 Å². The molecule has 0 unspecified atom stereocenters. The van der Waals surface area contributed by atoms with Gasteiger partial charge in [-0.3, -0.25) is 9.59 Å². The van der Waals surface area contributed by atoms with Crippen LogP contribution in [0, 0.1) is 11.6 Å². The van der Waals surface area contributed by atoms with E-state index in [1.807, 2.05) is 18.2 Å². The third-order valence-electron chi connectivity index (χ3n) is 4.92. The Kier molecular flexibility index (Phi) is 6.03. The smallest absolute Gasteiger partial charge is 0.297 e. The average Bonchev–Trinajstić information content (AvgIpc) is 2.81. The van der Waals surface area contributed by atoms with Crippen molar-refractivity contribution in [2.45, 2.75) is 0 Å². The SMILES string of the molecule is O=COC=Cc1ccc(F)c(NC(=O)c2cc(-c3ccccc3F)cc3ccccc23)c1. The summed E-state index contributed by atoms with van der Waals surface area (Å²) in [5.74, 6) is -1.57. The van der Waals surface area contributed by atoms with E-state index in [1.54, 1.807) is 36.4 Å². The van der Waals surface area contributed by atoms with E-state index < -0.39 is 17.5 Å². The number of benzene rings is 4. The van der Waals surface area contributed by atoms with E-state index >= 15 is 0 Å². The van der Waals surface area contributed by atoms with E-state index in [0.29, 0.717) is 22.1 Å². The second-order valence-corrected chi connectivity index (χ2v) is 6.95.